The maximum Gasteiger partial charge on any atom is 0.252 e. The number of benzene rings is 1. The van der Waals surface area contributed by atoms with Crippen molar-refractivity contribution in [2.45, 2.75) is 6.42 Å². The van der Waals surface area contributed by atoms with Crippen LogP contribution in [-0.4, -0.2) is 37.4 Å². The molecule has 2 aromatic rings. The lowest BCUT2D eigenvalue weighted by Crippen LogP contribution is -2.30. The van der Waals surface area contributed by atoms with E-state index in [4.69, 9.17) is 0 Å². The van der Waals surface area contributed by atoms with Crippen LogP contribution in [0.4, 0.5) is 0 Å². The second-order valence-corrected chi connectivity index (χ2v) is 7.80. The van der Waals surface area contributed by atoms with E-state index >= 15 is 0 Å². The number of hydrogen-bond acceptors (Lipinski definition) is 4. The number of nitrogens with one attached hydrogen (secondary N) is 2. The van der Waals surface area contributed by atoms with Crippen LogP contribution < -0.4 is 10.9 Å². The smallest absolute Gasteiger partial charge is 0.252 e. The van der Waals surface area contributed by atoms with E-state index in [-0.39, 0.29) is 28.9 Å². The van der Waals surface area contributed by atoms with Gasteiger partial charge in [0.05, 0.1) is 17.1 Å². The molecule has 1 aromatic heterocycles. The predicted octanol–water partition coefficient (Wildman–Crippen LogP) is 0.693. The zero-order valence-corrected chi connectivity index (χ0v) is 12.7. The van der Waals surface area contributed by atoms with Crippen LogP contribution >= 0.6 is 0 Å². The summed E-state index contributed by atoms with van der Waals surface area (Å²) < 4.78 is 22.8. The Morgan fingerprint density at radius 2 is 2.09 bits per heavy atom. The fourth-order valence-electron chi connectivity index (χ4n) is 2.76. The zero-order chi connectivity index (χ0) is 15.7. The van der Waals surface area contributed by atoms with Crippen LogP contribution in [0, 0.1) is 5.92 Å². The molecule has 6 nitrogen and oxygen atoms in total. The average molecular weight is 320 g/mol. The zero-order valence-electron chi connectivity index (χ0n) is 11.8. The van der Waals surface area contributed by atoms with Gasteiger partial charge in [0.2, 0.25) is 5.56 Å². The molecule has 1 aromatic carbocycles. The summed E-state index contributed by atoms with van der Waals surface area (Å²) in [6.45, 7) is 0.305. The number of amides is 1. The highest BCUT2D eigenvalue weighted by Crippen LogP contribution is 2.18. The van der Waals surface area contributed by atoms with E-state index < -0.39 is 9.84 Å². The van der Waals surface area contributed by atoms with Crippen LogP contribution in [0.2, 0.25) is 0 Å². The van der Waals surface area contributed by atoms with Gasteiger partial charge in [-0.05, 0) is 18.4 Å². The second kappa shape index (κ2) is 5.57. The van der Waals surface area contributed by atoms with Crippen molar-refractivity contribution in [2.24, 2.45) is 5.92 Å². The third-order valence-electron chi connectivity index (χ3n) is 3.87. The molecule has 0 bridgehead atoms. The molecule has 116 valence electrons. The summed E-state index contributed by atoms with van der Waals surface area (Å²) in [6.07, 6.45) is 0.568. The molecule has 22 heavy (non-hydrogen) atoms. The average Bonchev–Trinajstić information content (AvgIpc) is 2.83. The van der Waals surface area contributed by atoms with E-state index in [1.807, 2.05) is 0 Å². The summed E-state index contributed by atoms with van der Waals surface area (Å²) in [5, 5.41) is 3.41. The monoisotopic (exact) mass is 320 g/mol. The minimum atomic E-state index is -2.96. The molecule has 1 aliphatic heterocycles. The van der Waals surface area contributed by atoms with Gasteiger partial charge in [0.25, 0.3) is 5.91 Å². The summed E-state index contributed by atoms with van der Waals surface area (Å²) in [7, 11) is -2.96. The molecule has 2 N–H and O–H groups in total. The molecule has 1 atom stereocenters. The van der Waals surface area contributed by atoms with Gasteiger partial charge in [-0.2, -0.15) is 0 Å². The molecule has 1 amide bonds. The molecule has 0 saturated carbocycles. The highest BCUT2D eigenvalue weighted by molar-refractivity contribution is 7.91. The minimum absolute atomic E-state index is 0.0535. The Bertz CT molecular complexity index is 886. The van der Waals surface area contributed by atoms with Gasteiger partial charge in [-0.25, -0.2) is 8.42 Å². The number of aromatic amines is 1. The molecule has 2 heterocycles. The molecular formula is C15H16N2O4S. The third kappa shape index (κ3) is 3.04. The molecule has 7 heteroatoms. The molecule has 1 saturated heterocycles. The Kier molecular flexibility index (Phi) is 3.74. The second-order valence-electron chi connectivity index (χ2n) is 5.57. The Balaban J connectivity index is 1.80. The minimum Gasteiger partial charge on any atom is -0.352 e. The number of carbonyl (C=O) groups is 1. The third-order valence-corrected chi connectivity index (χ3v) is 5.71. The van der Waals surface area contributed by atoms with Crippen LogP contribution in [0.5, 0.6) is 0 Å². The molecule has 0 aliphatic carbocycles. The molecule has 3 rings (SSSR count). The van der Waals surface area contributed by atoms with Crippen molar-refractivity contribution in [1.82, 2.24) is 10.3 Å². The first-order valence-corrected chi connectivity index (χ1v) is 8.87. The first kappa shape index (κ1) is 14.8. The molecule has 0 unspecified atom stereocenters. The van der Waals surface area contributed by atoms with Gasteiger partial charge in [-0.3, -0.25) is 9.59 Å². The number of carbonyl (C=O) groups excluding carboxylic acids is 1. The van der Waals surface area contributed by atoms with E-state index in [1.54, 1.807) is 24.3 Å². The fraction of sp³-hybridized carbons (Fsp3) is 0.333. The summed E-state index contributed by atoms with van der Waals surface area (Å²) in [6, 6.07) is 8.34. The van der Waals surface area contributed by atoms with Gasteiger partial charge in [-0.15, -0.1) is 0 Å². The Morgan fingerprint density at radius 3 is 2.82 bits per heavy atom. The van der Waals surface area contributed by atoms with Crippen molar-refractivity contribution in [3.63, 3.8) is 0 Å². The lowest BCUT2D eigenvalue weighted by molar-refractivity contribution is 0.0950. The lowest BCUT2D eigenvalue weighted by Gasteiger charge is -2.11. The summed E-state index contributed by atoms with van der Waals surface area (Å²) in [5.74, 6) is -0.112. The first-order chi connectivity index (χ1) is 10.4. The number of para-hydroxylation sites is 1. The maximum atomic E-state index is 12.3. The number of aromatic nitrogens is 1. The van der Waals surface area contributed by atoms with Gasteiger partial charge >= 0.3 is 0 Å². The summed E-state index contributed by atoms with van der Waals surface area (Å²) >= 11 is 0. The van der Waals surface area contributed by atoms with Crippen molar-refractivity contribution in [2.75, 3.05) is 18.1 Å². The topological polar surface area (TPSA) is 96.1 Å². The van der Waals surface area contributed by atoms with Gasteiger partial charge in [0, 0.05) is 23.5 Å². The highest BCUT2D eigenvalue weighted by Gasteiger charge is 2.28. The number of H-pyrrole nitrogens is 1. The molecule has 0 spiro atoms. The van der Waals surface area contributed by atoms with Crippen molar-refractivity contribution in [3.8, 4) is 0 Å². The molecule has 0 radical (unpaired) electrons. The number of hydrogen-bond donors (Lipinski definition) is 2. The summed E-state index contributed by atoms with van der Waals surface area (Å²) in [5.41, 5.74) is 0.566. The van der Waals surface area contributed by atoms with Crippen molar-refractivity contribution >= 4 is 26.6 Å². The van der Waals surface area contributed by atoms with Gasteiger partial charge in [-0.1, -0.05) is 18.2 Å². The highest BCUT2D eigenvalue weighted by atomic mass is 32.2. The number of sulfone groups is 1. The molecule has 1 aliphatic rings. The Hall–Kier alpha value is -2.15. The normalized spacial score (nSPS) is 20.1. The van der Waals surface area contributed by atoms with Crippen molar-refractivity contribution < 1.29 is 13.2 Å². The Labute approximate surface area is 127 Å². The standard InChI is InChI=1S/C15H16N2O4S/c18-14-7-12(11-3-1-2-4-13(11)17-14)15(19)16-8-10-5-6-22(20,21)9-10/h1-4,7,10H,5-6,8-9H2,(H,16,19)(H,17,18)/t10-/m0/s1. The van der Waals surface area contributed by atoms with Crippen LogP contribution in [-0.2, 0) is 9.84 Å². The van der Waals surface area contributed by atoms with Crippen LogP contribution in [0.25, 0.3) is 10.9 Å². The van der Waals surface area contributed by atoms with E-state index in [2.05, 4.69) is 10.3 Å². The van der Waals surface area contributed by atoms with Crippen LogP contribution in [0.15, 0.2) is 35.1 Å². The van der Waals surface area contributed by atoms with Crippen molar-refractivity contribution in [3.05, 3.63) is 46.2 Å². The number of pyridine rings is 1. The van der Waals surface area contributed by atoms with Gasteiger partial charge in [0.1, 0.15) is 0 Å². The number of fused-ring (bicyclic) bond motifs is 1. The van der Waals surface area contributed by atoms with Gasteiger partial charge < -0.3 is 10.3 Å². The quantitative estimate of drug-likeness (QED) is 0.870. The van der Waals surface area contributed by atoms with Crippen LogP contribution in [0.1, 0.15) is 16.8 Å². The van der Waals surface area contributed by atoms with E-state index in [0.717, 1.165) is 0 Å². The van der Waals surface area contributed by atoms with E-state index in [9.17, 15) is 18.0 Å². The SMILES string of the molecule is O=C(NC[C@@H]1CCS(=O)(=O)C1)c1cc(=O)[nH]c2ccccc12. The Morgan fingerprint density at radius 1 is 1.32 bits per heavy atom. The largest absolute Gasteiger partial charge is 0.352 e. The number of rotatable bonds is 3. The van der Waals surface area contributed by atoms with E-state index in [0.29, 0.717) is 29.4 Å². The molecule has 1 fully saturated rings. The van der Waals surface area contributed by atoms with Crippen LogP contribution in [0.3, 0.4) is 0 Å². The first-order valence-electron chi connectivity index (χ1n) is 7.05. The van der Waals surface area contributed by atoms with Crippen molar-refractivity contribution in [1.29, 1.82) is 0 Å². The molecular weight excluding hydrogens is 304 g/mol. The van der Waals surface area contributed by atoms with Gasteiger partial charge in [0.15, 0.2) is 9.84 Å². The van der Waals surface area contributed by atoms with E-state index in [1.165, 1.54) is 6.07 Å². The summed E-state index contributed by atoms with van der Waals surface area (Å²) in [4.78, 5) is 26.6. The maximum absolute atomic E-state index is 12.3. The lowest BCUT2D eigenvalue weighted by atomic mass is 10.1. The fourth-order valence-corrected chi connectivity index (χ4v) is 4.62. The predicted molar refractivity (Wildman–Crippen MR) is 83.7 cm³/mol.